The van der Waals surface area contributed by atoms with Crippen molar-refractivity contribution in [1.82, 2.24) is 9.55 Å². The molecule has 0 fully saturated rings. The Hall–Kier alpha value is -3.93. The third-order valence-electron chi connectivity index (χ3n) is 5.63. The van der Waals surface area contributed by atoms with Crippen LogP contribution in [0.1, 0.15) is 51.9 Å². The van der Waals surface area contributed by atoms with Gasteiger partial charge in [0.25, 0.3) is 0 Å². The highest BCUT2D eigenvalue weighted by Gasteiger charge is 2.14. The molecule has 3 aromatic carbocycles. The van der Waals surface area contributed by atoms with E-state index in [1.807, 2.05) is 42.5 Å². The summed E-state index contributed by atoms with van der Waals surface area (Å²) in [6, 6.07) is 20.3. The van der Waals surface area contributed by atoms with Crippen molar-refractivity contribution in [3.8, 4) is 11.1 Å². The molecule has 0 atom stereocenters. The molecule has 0 aliphatic heterocycles. The molecule has 0 spiro atoms. The first-order chi connectivity index (χ1) is 15.5. The summed E-state index contributed by atoms with van der Waals surface area (Å²) in [5, 5.41) is 9.47. The van der Waals surface area contributed by atoms with Gasteiger partial charge in [-0.25, -0.2) is 9.78 Å². The molecule has 0 aliphatic carbocycles. The first-order valence-corrected chi connectivity index (χ1v) is 10.7. The fourth-order valence-electron chi connectivity index (χ4n) is 3.93. The molecule has 0 saturated heterocycles. The van der Waals surface area contributed by atoms with E-state index in [2.05, 4.69) is 11.5 Å². The van der Waals surface area contributed by atoms with Crippen molar-refractivity contribution in [2.75, 3.05) is 0 Å². The topological polar surface area (TPSA) is 98.2 Å². The van der Waals surface area contributed by atoms with Crippen molar-refractivity contribution in [3.05, 3.63) is 89.2 Å². The van der Waals surface area contributed by atoms with Crippen LogP contribution in [0.5, 0.6) is 0 Å². The van der Waals surface area contributed by atoms with Gasteiger partial charge in [0.1, 0.15) is 5.82 Å². The molecule has 0 aliphatic rings. The predicted molar refractivity (Wildman–Crippen MR) is 125 cm³/mol. The van der Waals surface area contributed by atoms with Crippen LogP contribution >= 0.6 is 0 Å². The molecule has 0 saturated carbocycles. The first-order valence-electron chi connectivity index (χ1n) is 10.7. The van der Waals surface area contributed by atoms with Gasteiger partial charge in [-0.1, -0.05) is 55.8 Å². The number of rotatable bonds is 8. The van der Waals surface area contributed by atoms with Gasteiger partial charge in [-0.2, -0.15) is 0 Å². The van der Waals surface area contributed by atoms with Crippen LogP contribution in [-0.4, -0.2) is 26.5 Å². The first kappa shape index (κ1) is 21.3. The van der Waals surface area contributed by atoms with E-state index in [-0.39, 0.29) is 5.56 Å². The summed E-state index contributed by atoms with van der Waals surface area (Å²) < 4.78 is 2.18. The number of primary amides is 1. The molecular formula is C26H25N3O3. The highest BCUT2D eigenvalue weighted by Crippen LogP contribution is 2.26. The number of carboxylic acids is 1. The number of aromatic carboxylic acids is 1. The van der Waals surface area contributed by atoms with Crippen LogP contribution in [0.4, 0.5) is 0 Å². The Labute approximate surface area is 186 Å². The second kappa shape index (κ2) is 9.06. The Balaban J connectivity index is 1.68. The minimum absolute atomic E-state index is 0.285. The number of hydrogen-bond acceptors (Lipinski definition) is 3. The smallest absolute Gasteiger partial charge is 0.336 e. The van der Waals surface area contributed by atoms with Gasteiger partial charge in [0, 0.05) is 18.5 Å². The van der Waals surface area contributed by atoms with E-state index >= 15 is 0 Å². The van der Waals surface area contributed by atoms with Gasteiger partial charge in [-0.3, -0.25) is 4.79 Å². The number of aryl methyl sites for hydroxylation is 1. The Bertz CT molecular complexity index is 1290. The number of hydrogen-bond donors (Lipinski definition) is 2. The summed E-state index contributed by atoms with van der Waals surface area (Å²) in [6.07, 6.45) is 2.94. The van der Waals surface area contributed by atoms with Crippen molar-refractivity contribution in [2.24, 2.45) is 5.73 Å². The number of carbonyl (C=O) groups excluding carboxylic acids is 1. The molecule has 6 nitrogen and oxygen atoms in total. The molecular weight excluding hydrogens is 402 g/mol. The lowest BCUT2D eigenvalue weighted by molar-refractivity contribution is 0.0697. The minimum Gasteiger partial charge on any atom is -0.478 e. The third kappa shape index (κ3) is 4.25. The second-order valence-corrected chi connectivity index (χ2v) is 7.83. The maximum absolute atomic E-state index is 11.6. The van der Waals surface area contributed by atoms with E-state index in [0.29, 0.717) is 17.7 Å². The summed E-state index contributed by atoms with van der Waals surface area (Å²) in [7, 11) is 0. The molecule has 1 aromatic heterocycles. The summed E-state index contributed by atoms with van der Waals surface area (Å²) >= 11 is 0. The normalized spacial score (nSPS) is 11.0. The van der Waals surface area contributed by atoms with Gasteiger partial charge in [-0.15, -0.1) is 0 Å². The fourth-order valence-corrected chi connectivity index (χ4v) is 3.93. The third-order valence-corrected chi connectivity index (χ3v) is 5.63. The standard InChI is InChI=1S/C26H25N3O3/c1-2-3-8-24-28-22-15-19(25(27)30)13-14-23(22)29(24)16-17-9-11-18(12-10-17)20-6-4-5-7-21(20)26(31)32/h4-7,9-15H,2-3,8,16H2,1H3,(H2,27,30)(H,31,32). The number of amides is 1. The van der Waals surface area contributed by atoms with Crippen LogP contribution < -0.4 is 5.73 Å². The molecule has 4 aromatic rings. The summed E-state index contributed by atoms with van der Waals surface area (Å²) in [5.74, 6) is -0.428. The molecule has 0 radical (unpaired) electrons. The maximum atomic E-state index is 11.6. The number of carbonyl (C=O) groups is 2. The Morgan fingerprint density at radius 3 is 2.47 bits per heavy atom. The van der Waals surface area contributed by atoms with E-state index in [1.165, 1.54) is 0 Å². The lowest BCUT2D eigenvalue weighted by atomic mass is 9.99. The zero-order valence-electron chi connectivity index (χ0n) is 17.9. The van der Waals surface area contributed by atoms with Crippen LogP contribution in [0.15, 0.2) is 66.7 Å². The molecule has 4 rings (SSSR count). The van der Waals surface area contributed by atoms with Gasteiger partial charge in [0.15, 0.2) is 0 Å². The SMILES string of the molecule is CCCCc1nc2cc(C(N)=O)ccc2n1Cc1ccc(-c2ccccc2C(=O)O)cc1. The number of unbranched alkanes of at least 4 members (excludes halogenated alkanes) is 1. The van der Waals surface area contributed by atoms with Gasteiger partial charge in [0.05, 0.1) is 16.6 Å². The average molecular weight is 428 g/mol. The van der Waals surface area contributed by atoms with Crippen molar-refractivity contribution < 1.29 is 14.7 Å². The predicted octanol–water partition coefficient (Wildman–Crippen LogP) is 4.89. The Morgan fingerprint density at radius 1 is 1.03 bits per heavy atom. The largest absolute Gasteiger partial charge is 0.478 e. The van der Waals surface area contributed by atoms with Crippen LogP contribution in [0.3, 0.4) is 0 Å². The van der Waals surface area contributed by atoms with Crippen LogP contribution in [-0.2, 0) is 13.0 Å². The lowest BCUT2D eigenvalue weighted by Crippen LogP contribution is -2.10. The molecule has 6 heteroatoms. The van der Waals surface area contributed by atoms with Crippen LogP contribution in [0, 0.1) is 0 Å². The number of carboxylic acid groups (broad SMARTS) is 1. The summed E-state index contributed by atoms with van der Waals surface area (Å²) in [6.45, 7) is 2.78. The van der Waals surface area contributed by atoms with Crippen molar-refractivity contribution >= 4 is 22.9 Å². The molecule has 1 heterocycles. The van der Waals surface area contributed by atoms with E-state index in [4.69, 9.17) is 10.7 Å². The van der Waals surface area contributed by atoms with E-state index in [1.54, 1.807) is 24.3 Å². The number of benzene rings is 3. The molecule has 0 unspecified atom stereocenters. The molecule has 32 heavy (non-hydrogen) atoms. The number of imidazole rings is 1. The zero-order chi connectivity index (χ0) is 22.7. The molecule has 162 valence electrons. The van der Waals surface area contributed by atoms with Crippen LogP contribution in [0.2, 0.25) is 0 Å². The minimum atomic E-state index is -0.939. The van der Waals surface area contributed by atoms with Gasteiger partial charge < -0.3 is 15.4 Å². The van der Waals surface area contributed by atoms with E-state index in [0.717, 1.165) is 47.2 Å². The molecule has 3 N–H and O–H groups in total. The van der Waals surface area contributed by atoms with Crippen LogP contribution in [0.25, 0.3) is 22.2 Å². The van der Waals surface area contributed by atoms with Crippen molar-refractivity contribution in [3.63, 3.8) is 0 Å². The number of fused-ring (bicyclic) bond motifs is 1. The Kier molecular flexibility index (Phi) is 6.03. The lowest BCUT2D eigenvalue weighted by Gasteiger charge is -2.11. The Morgan fingerprint density at radius 2 is 1.78 bits per heavy atom. The summed E-state index contributed by atoms with van der Waals surface area (Å²) in [5.41, 5.74) is 10.5. The van der Waals surface area contributed by atoms with E-state index in [9.17, 15) is 14.7 Å². The average Bonchev–Trinajstić information content (AvgIpc) is 3.14. The van der Waals surface area contributed by atoms with Gasteiger partial charge >= 0.3 is 5.97 Å². The van der Waals surface area contributed by atoms with Crippen molar-refractivity contribution in [1.29, 1.82) is 0 Å². The quantitative estimate of drug-likeness (QED) is 0.418. The highest BCUT2D eigenvalue weighted by molar-refractivity contribution is 5.97. The number of nitrogens with two attached hydrogens (primary N) is 1. The highest BCUT2D eigenvalue weighted by atomic mass is 16.4. The van der Waals surface area contributed by atoms with Gasteiger partial charge in [0.2, 0.25) is 5.91 Å². The second-order valence-electron chi connectivity index (χ2n) is 7.83. The molecule has 1 amide bonds. The van der Waals surface area contributed by atoms with Gasteiger partial charge in [-0.05, 0) is 47.4 Å². The van der Waals surface area contributed by atoms with Crippen molar-refractivity contribution in [2.45, 2.75) is 32.7 Å². The maximum Gasteiger partial charge on any atom is 0.336 e. The fraction of sp³-hybridized carbons (Fsp3) is 0.192. The monoisotopic (exact) mass is 427 g/mol. The van der Waals surface area contributed by atoms with E-state index < -0.39 is 11.9 Å². The number of nitrogens with zero attached hydrogens (tertiary/aromatic N) is 2. The molecule has 0 bridgehead atoms. The number of aromatic nitrogens is 2. The summed E-state index contributed by atoms with van der Waals surface area (Å²) in [4.78, 5) is 27.9. The zero-order valence-corrected chi connectivity index (χ0v) is 17.9.